The average molecular weight is 113 g/mol. The van der Waals surface area contributed by atoms with Crippen molar-refractivity contribution in [2.75, 3.05) is 0 Å². The maximum atomic E-state index is 6.92. The molecule has 0 radical (unpaired) electrons. The van der Waals surface area contributed by atoms with E-state index in [4.69, 9.17) is 5.41 Å². The van der Waals surface area contributed by atoms with Crippen molar-refractivity contribution in [1.82, 2.24) is 0 Å². The van der Waals surface area contributed by atoms with Gasteiger partial charge in [-0.3, -0.25) is 0 Å². The average Bonchev–Trinajstić information content (AvgIpc) is 1.84. The lowest BCUT2D eigenvalue weighted by atomic mass is 9.95. The maximum Gasteiger partial charge on any atom is -0.00168 e. The van der Waals surface area contributed by atoms with Crippen LogP contribution in [0.3, 0.4) is 0 Å². The molecule has 1 N–H and O–H groups in total. The van der Waals surface area contributed by atoms with Crippen LogP contribution < -0.4 is 0 Å². The fraction of sp³-hybridized carbons (Fsp3) is 0.857. The lowest BCUT2D eigenvalue weighted by Gasteiger charge is -2.11. The third kappa shape index (κ3) is 2.10. The van der Waals surface area contributed by atoms with Gasteiger partial charge in [0, 0.05) is 0 Å². The highest BCUT2D eigenvalue weighted by molar-refractivity contribution is 5.56. The van der Waals surface area contributed by atoms with E-state index in [1.165, 1.54) is 12.6 Å². The number of hydrogen-bond donors (Lipinski definition) is 1. The molecule has 48 valence electrons. The molecular formula is C7H15N. The molecule has 0 aromatic carbocycles. The van der Waals surface area contributed by atoms with Gasteiger partial charge in [-0.15, -0.1) is 0 Å². The van der Waals surface area contributed by atoms with Crippen molar-refractivity contribution in [3.05, 3.63) is 0 Å². The molecule has 0 aliphatic rings. The third-order valence-electron chi connectivity index (χ3n) is 1.80. The Morgan fingerprint density at radius 2 is 2.00 bits per heavy atom. The summed E-state index contributed by atoms with van der Waals surface area (Å²) in [7, 11) is 0. The van der Waals surface area contributed by atoms with Gasteiger partial charge in [-0.2, -0.15) is 0 Å². The van der Waals surface area contributed by atoms with Gasteiger partial charge in [0.1, 0.15) is 0 Å². The summed E-state index contributed by atoms with van der Waals surface area (Å²) in [6, 6.07) is 0. The van der Waals surface area contributed by atoms with Gasteiger partial charge in [-0.25, -0.2) is 0 Å². The molecular weight excluding hydrogens is 98.1 g/mol. The van der Waals surface area contributed by atoms with E-state index >= 15 is 0 Å². The lowest BCUT2D eigenvalue weighted by Crippen LogP contribution is -2.06. The molecule has 0 saturated heterocycles. The van der Waals surface area contributed by atoms with Gasteiger partial charge in [0.05, 0.1) is 0 Å². The second kappa shape index (κ2) is 3.65. The second-order valence-corrected chi connectivity index (χ2v) is 2.41. The standard InChI is InChI=1S/C7H15N/c1-4-6(2)7(3)5-8/h5-8H,4H2,1-3H3. The zero-order chi connectivity index (χ0) is 6.57. The predicted molar refractivity (Wildman–Crippen MR) is 37.4 cm³/mol. The first-order valence-corrected chi connectivity index (χ1v) is 3.23. The van der Waals surface area contributed by atoms with Gasteiger partial charge in [0.2, 0.25) is 0 Å². The van der Waals surface area contributed by atoms with Crippen LogP contribution >= 0.6 is 0 Å². The molecule has 8 heavy (non-hydrogen) atoms. The molecule has 1 nitrogen and oxygen atoms in total. The third-order valence-corrected chi connectivity index (χ3v) is 1.80. The molecule has 2 unspecified atom stereocenters. The Morgan fingerprint density at radius 3 is 2.12 bits per heavy atom. The predicted octanol–water partition coefficient (Wildman–Crippen LogP) is 2.32. The van der Waals surface area contributed by atoms with Crippen LogP contribution in [0.15, 0.2) is 0 Å². The summed E-state index contributed by atoms with van der Waals surface area (Å²) < 4.78 is 0. The first-order valence-electron chi connectivity index (χ1n) is 3.23. The monoisotopic (exact) mass is 113 g/mol. The SMILES string of the molecule is CCC(C)C(C)C=N. The van der Waals surface area contributed by atoms with Crippen LogP contribution in [-0.2, 0) is 0 Å². The first-order chi connectivity index (χ1) is 3.72. The zero-order valence-electron chi connectivity index (χ0n) is 5.94. The smallest absolute Gasteiger partial charge is 0.00168 e. The summed E-state index contributed by atoms with van der Waals surface area (Å²) in [5.41, 5.74) is 0. The molecule has 0 amide bonds. The van der Waals surface area contributed by atoms with E-state index in [1.54, 1.807) is 0 Å². The maximum absolute atomic E-state index is 6.92. The number of hydrogen-bond acceptors (Lipinski definition) is 1. The van der Waals surface area contributed by atoms with Gasteiger partial charge in [0.25, 0.3) is 0 Å². The Morgan fingerprint density at radius 1 is 1.50 bits per heavy atom. The summed E-state index contributed by atoms with van der Waals surface area (Å²) in [4.78, 5) is 0. The van der Waals surface area contributed by atoms with E-state index in [1.807, 2.05) is 0 Å². The first kappa shape index (κ1) is 7.67. The Bertz CT molecular complexity index is 68.8. The van der Waals surface area contributed by atoms with E-state index in [9.17, 15) is 0 Å². The van der Waals surface area contributed by atoms with Crippen molar-refractivity contribution in [1.29, 1.82) is 5.41 Å². The summed E-state index contributed by atoms with van der Waals surface area (Å²) in [5, 5.41) is 6.92. The quantitative estimate of drug-likeness (QED) is 0.543. The van der Waals surface area contributed by atoms with Crippen molar-refractivity contribution < 1.29 is 0 Å². The highest BCUT2D eigenvalue weighted by atomic mass is 14.3. The van der Waals surface area contributed by atoms with Gasteiger partial charge in [-0.1, -0.05) is 27.2 Å². The van der Waals surface area contributed by atoms with Crippen LogP contribution in [0.2, 0.25) is 0 Å². The Balaban J connectivity index is 3.44. The van der Waals surface area contributed by atoms with E-state index in [0.717, 1.165) is 0 Å². The topological polar surface area (TPSA) is 23.9 Å². The fourth-order valence-corrected chi connectivity index (χ4v) is 0.536. The fourth-order valence-electron chi connectivity index (χ4n) is 0.536. The molecule has 0 aromatic heterocycles. The largest absolute Gasteiger partial charge is 0.313 e. The van der Waals surface area contributed by atoms with Crippen molar-refractivity contribution in [3.63, 3.8) is 0 Å². The molecule has 0 aliphatic heterocycles. The molecule has 0 rings (SSSR count). The molecule has 0 spiro atoms. The molecule has 0 bridgehead atoms. The molecule has 0 saturated carbocycles. The minimum Gasteiger partial charge on any atom is -0.313 e. The van der Waals surface area contributed by atoms with E-state index in [-0.39, 0.29) is 0 Å². The molecule has 0 aliphatic carbocycles. The van der Waals surface area contributed by atoms with Gasteiger partial charge in [-0.05, 0) is 18.1 Å². The molecule has 1 heteroatoms. The van der Waals surface area contributed by atoms with E-state index in [0.29, 0.717) is 11.8 Å². The van der Waals surface area contributed by atoms with Crippen LogP contribution in [0.1, 0.15) is 27.2 Å². The summed E-state index contributed by atoms with van der Waals surface area (Å²) in [6.45, 7) is 6.42. The van der Waals surface area contributed by atoms with Gasteiger partial charge < -0.3 is 5.41 Å². The van der Waals surface area contributed by atoms with Crippen molar-refractivity contribution in [2.45, 2.75) is 27.2 Å². The molecule has 2 atom stereocenters. The minimum absolute atomic E-state index is 0.458. The lowest BCUT2D eigenvalue weighted by molar-refractivity contribution is 0.475. The Kier molecular flexibility index (Phi) is 3.49. The molecule has 0 fully saturated rings. The van der Waals surface area contributed by atoms with Crippen LogP contribution in [0.25, 0.3) is 0 Å². The summed E-state index contributed by atoms with van der Waals surface area (Å²) >= 11 is 0. The normalized spacial score (nSPS) is 17.4. The number of rotatable bonds is 3. The van der Waals surface area contributed by atoms with Gasteiger partial charge in [0.15, 0.2) is 0 Å². The second-order valence-electron chi connectivity index (χ2n) is 2.41. The zero-order valence-corrected chi connectivity index (χ0v) is 5.94. The van der Waals surface area contributed by atoms with E-state index < -0.39 is 0 Å². The van der Waals surface area contributed by atoms with Crippen LogP contribution in [0.4, 0.5) is 0 Å². The summed E-state index contributed by atoms with van der Waals surface area (Å²) in [5.74, 6) is 1.13. The van der Waals surface area contributed by atoms with Crippen LogP contribution in [0.5, 0.6) is 0 Å². The molecule has 0 heterocycles. The Hall–Kier alpha value is -0.330. The van der Waals surface area contributed by atoms with Crippen molar-refractivity contribution in [2.24, 2.45) is 11.8 Å². The van der Waals surface area contributed by atoms with Gasteiger partial charge >= 0.3 is 0 Å². The molecule has 0 aromatic rings. The van der Waals surface area contributed by atoms with Crippen molar-refractivity contribution in [3.8, 4) is 0 Å². The van der Waals surface area contributed by atoms with Crippen LogP contribution in [-0.4, -0.2) is 6.21 Å². The summed E-state index contributed by atoms with van der Waals surface area (Å²) in [6.07, 6.45) is 2.70. The number of nitrogens with one attached hydrogen (secondary N) is 1. The highest BCUT2D eigenvalue weighted by Gasteiger charge is 2.04. The minimum atomic E-state index is 0.458. The van der Waals surface area contributed by atoms with E-state index in [2.05, 4.69) is 20.8 Å². The van der Waals surface area contributed by atoms with Crippen molar-refractivity contribution >= 4 is 6.21 Å². The highest BCUT2D eigenvalue weighted by Crippen LogP contribution is 2.10. The van der Waals surface area contributed by atoms with Crippen LogP contribution in [0, 0.1) is 17.2 Å². The Labute approximate surface area is 51.6 Å².